The molecule has 4 nitrogen and oxygen atoms in total. The third-order valence-electron chi connectivity index (χ3n) is 2.97. The molecule has 0 radical (unpaired) electrons. The van der Waals surface area contributed by atoms with Crippen molar-refractivity contribution in [3.63, 3.8) is 0 Å². The van der Waals surface area contributed by atoms with E-state index in [0.29, 0.717) is 12.5 Å². The molecule has 0 aliphatic rings. The summed E-state index contributed by atoms with van der Waals surface area (Å²) in [6.45, 7) is 5.99. The first kappa shape index (κ1) is 13.8. The van der Waals surface area contributed by atoms with Crippen molar-refractivity contribution in [2.75, 3.05) is 6.54 Å². The van der Waals surface area contributed by atoms with Gasteiger partial charge in [0.1, 0.15) is 0 Å². The van der Waals surface area contributed by atoms with E-state index >= 15 is 0 Å². The highest BCUT2D eigenvalue weighted by Gasteiger charge is 2.04. The first-order chi connectivity index (χ1) is 8.17. The number of H-pyrrole nitrogens is 1. The Kier molecular flexibility index (Phi) is 5.77. The van der Waals surface area contributed by atoms with Gasteiger partial charge >= 0.3 is 0 Å². The smallest absolute Gasteiger partial charge is 0.223 e. The number of rotatable bonds is 7. The highest BCUT2D eigenvalue weighted by Crippen LogP contribution is 2.09. The maximum atomic E-state index is 11.2. The summed E-state index contributed by atoms with van der Waals surface area (Å²) < 4.78 is 0. The molecule has 17 heavy (non-hydrogen) atoms. The summed E-state index contributed by atoms with van der Waals surface area (Å²) in [5, 5.41) is 12.4. The highest BCUT2D eigenvalue weighted by atomic mass is 16.3. The van der Waals surface area contributed by atoms with Crippen molar-refractivity contribution in [3.05, 3.63) is 28.2 Å². The summed E-state index contributed by atoms with van der Waals surface area (Å²) in [6.07, 6.45) is 4.95. The Labute approximate surface area is 102 Å². The van der Waals surface area contributed by atoms with Crippen LogP contribution >= 0.6 is 0 Å². The molecule has 96 valence electrons. The normalized spacial score (nSPS) is 12.6. The molecule has 0 spiro atoms. The quantitative estimate of drug-likeness (QED) is 0.680. The fraction of sp³-hybridized carbons (Fsp3) is 0.615. The van der Waals surface area contributed by atoms with E-state index in [1.807, 2.05) is 0 Å². The summed E-state index contributed by atoms with van der Waals surface area (Å²) in [7, 11) is 0. The van der Waals surface area contributed by atoms with Crippen LogP contribution < -0.4 is 10.7 Å². The minimum atomic E-state index is -0.332. The van der Waals surface area contributed by atoms with Gasteiger partial charge in [0.2, 0.25) is 5.43 Å². The second kappa shape index (κ2) is 7.12. The fourth-order valence-corrected chi connectivity index (χ4v) is 1.88. The Morgan fingerprint density at radius 1 is 1.47 bits per heavy atom. The molecule has 1 aromatic rings. The number of aromatic amines is 1. The van der Waals surface area contributed by atoms with Crippen LogP contribution in [-0.4, -0.2) is 16.6 Å². The summed E-state index contributed by atoms with van der Waals surface area (Å²) in [4.78, 5) is 14.1. The number of aromatic nitrogens is 1. The van der Waals surface area contributed by atoms with E-state index in [-0.39, 0.29) is 11.2 Å². The fourth-order valence-electron chi connectivity index (χ4n) is 1.88. The molecule has 1 unspecified atom stereocenters. The average Bonchev–Trinajstić information content (AvgIpc) is 2.32. The summed E-state index contributed by atoms with van der Waals surface area (Å²) in [5.41, 5.74) is 0.473. The Balaban J connectivity index is 2.39. The predicted molar refractivity (Wildman–Crippen MR) is 69.1 cm³/mol. The molecule has 0 amide bonds. The van der Waals surface area contributed by atoms with Crippen LogP contribution in [0.2, 0.25) is 0 Å². The number of nitrogens with one attached hydrogen (secondary N) is 2. The van der Waals surface area contributed by atoms with Gasteiger partial charge in [0.05, 0.1) is 0 Å². The molecular formula is C13H22N2O2. The van der Waals surface area contributed by atoms with E-state index in [4.69, 9.17) is 5.11 Å². The largest absolute Gasteiger partial charge is 0.503 e. The van der Waals surface area contributed by atoms with Gasteiger partial charge in [0.15, 0.2) is 5.75 Å². The molecule has 1 aromatic heterocycles. The lowest BCUT2D eigenvalue weighted by Crippen LogP contribution is -2.23. The van der Waals surface area contributed by atoms with Gasteiger partial charge in [-0.2, -0.15) is 0 Å². The van der Waals surface area contributed by atoms with Gasteiger partial charge in [0.25, 0.3) is 0 Å². The topological polar surface area (TPSA) is 65.1 Å². The molecule has 0 saturated carbocycles. The van der Waals surface area contributed by atoms with E-state index < -0.39 is 0 Å². The number of aromatic hydroxyl groups is 1. The Bertz CT molecular complexity index is 387. The molecule has 0 aromatic carbocycles. The van der Waals surface area contributed by atoms with Gasteiger partial charge in [-0.3, -0.25) is 4.79 Å². The van der Waals surface area contributed by atoms with Crippen molar-refractivity contribution >= 4 is 0 Å². The van der Waals surface area contributed by atoms with Gasteiger partial charge in [-0.25, -0.2) is 0 Å². The van der Waals surface area contributed by atoms with E-state index in [9.17, 15) is 4.79 Å². The zero-order chi connectivity index (χ0) is 12.7. The SMILES string of the molecule is CCCC(CC)CNCc1cc(=O)c(O)c[nH]1. The van der Waals surface area contributed by atoms with E-state index in [2.05, 4.69) is 24.1 Å². The molecular weight excluding hydrogens is 216 g/mol. The van der Waals surface area contributed by atoms with Crippen LogP contribution in [0.1, 0.15) is 38.8 Å². The molecule has 0 aliphatic carbocycles. The van der Waals surface area contributed by atoms with Gasteiger partial charge < -0.3 is 15.4 Å². The average molecular weight is 238 g/mol. The van der Waals surface area contributed by atoms with Crippen LogP contribution in [0.25, 0.3) is 0 Å². The van der Waals surface area contributed by atoms with Crippen molar-refractivity contribution in [2.24, 2.45) is 5.92 Å². The zero-order valence-electron chi connectivity index (χ0n) is 10.6. The molecule has 0 bridgehead atoms. The van der Waals surface area contributed by atoms with Crippen LogP contribution in [0.4, 0.5) is 0 Å². The zero-order valence-corrected chi connectivity index (χ0v) is 10.6. The van der Waals surface area contributed by atoms with Crippen LogP contribution in [0.5, 0.6) is 5.75 Å². The lowest BCUT2D eigenvalue weighted by atomic mass is 10.0. The van der Waals surface area contributed by atoms with Gasteiger partial charge in [-0.15, -0.1) is 0 Å². The van der Waals surface area contributed by atoms with Crippen molar-refractivity contribution < 1.29 is 5.11 Å². The van der Waals surface area contributed by atoms with Crippen LogP contribution in [0.15, 0.2) is 17.1 Å². The van der Waals surface area contributed by atoms with E-state index in [1.165, 1.54) is 31.5 Å². The minimum Gasteiger partial charge on any atom is -0.503 e. The van der Waals surface area contributed by atoms with Crippen molar-refractivity contribution in [2.45, 2.75) is 39.7 Å². The number of pyridine rings is 1. The van der Waals surface area contributed by atoms with Crippen molar-refractivity contribution in [1.29, 1.82) is 0 Å². The first-order valence-corrected chi connectivity index (χ1v) is 6.28. The Hall–Kier alpha value is -1.29. The van der Waals surface area contributed by atoms with E-state index in [1.54, 1.807) is 0 Å². The van der Waals surface area contributed by atoms with Gasteiger partial charge in [-0.05, 0) is 18.9 Å². The lowest BCUT2D eigenvalue weighted by Gasteiger charge is -2.14. The first-order valence-electron chi connectivity index (χ1n) is 6.28. The minimum absolute atomic E-state index is 0.230. The van der Waals surface area contributed by atoms with Crippen molar-refractivity contribution in [3.8, 4) is 5.75 Å². The van der Waals surface area contributed by atoms with Crippen LogP contribution in [0, 0.1) is 5.92 Å². The predicted octanol–water partition coefficient (Wildman–Crippen LogP) is 2.00. The Morgan fingerprint density at radius 3 is 2.82 bits per heavy atom. The second-order valence-electron chi connectivity index (χ2n) is 4.40. The molecule has 4 heteroatoms. The van der Waals surface area contributed by atoms with Crippen LogP contribution in [-0.2, 0) is 6.54 Å². The monoisotopic (exact) mass is 238 g/mol. The van der Waals surface area contributed by atoms with Gasteiger partial charge in [-0.1, -0.05) is 26.7 Å². The number of hydrogen-bond donors (Lipinski definition) is 3. The summed E-state index contributed by atoms with van der Waals surface area (Å²) >= 11 is 0. The molecule has 1 atom stereocenters. The Morgan fingerprint density at radius 2 is 2.24 bits per heavy atom. The van der Waals surface area contributed by atoms with Crippen LogP contribution in [0.3, 0.4) is 0 Å². The summed E-state index contributed by atoms with van der Waals surface area (Å²) in [6, 6.07) is 1.43. The standard InChI is InChI=1S/C13H22N2O2/c1-3-5-10(4-2)7-14-8-11-6-12(16)13(17)9-15-11/h6,9-10,14,17H,3-5,7-8H2,1-2H3,(H,15,16). The molecule has 0 saturated heterocycles. The molecule has 0 fully saturated rings. The molecule has 1 rings (SSSR count). The van der Waals surface area contributed by atoms with E-state index in [0.717, 1.165) is 12.2 Å². The molecule has 1 heterocycles. The third kappa shape index (κ3) is 4.61. The summed E-state index contributed by atoms with van der Waals surface area (Å²) in [5.74, 6) is 0.468. The highest BCUT2D eigenvalue weighted by molar-refractivity contribution is 5.18. The van der Waals surface area contributed by atoms with Gasteiger partial charge in [0, 0.05) is 24.5 Å². The van der Waals surface area contributed by atoms with Crippen molar-refractivity contribution in [1.82, 2.24) is 10.3 Å². The maximum absolute atomic E-state index is 11.2. The molecule has 0 aliphatic heterocycles. The third-order valence-corrected chi connectivity index (χ3v) is 2.97. The lowest BCUT2D eigenvalue weighted by molar-refractivity contribution is 0.426. The second-order valence-corrected chi connectivity index (χ2v) is 4.40. The molecule has 3 N–H and O–H groups in total. The number of hydrogen-bond acceptors (Lipinski definition) is 3. The maximum Gasteiger partial charge on any atom is 0.223 e.